The lowest BCUT2D eigenvalue weighted by Crippen LogP contribution is -2.26. The highest BCUT2D eigenvalue weighted by Gasteiger charge is 2.25. The molecule has 1 aliphatic rings. The Balaban J connectivity index is 1.68. The first-order valence-corrected chi connectivity index (χ1v) is 9.63. The number of nitrogens with zero attached hydrogens (tertiary/aromatic N) is 1. The van der Waals surface area contributed by atoms with E-state index in [9.17, 15) is 4.79 Å². The molecule has 1 atom stereocenters. The van der Waals surface area contributed by atoms with Gasteiger partial charge in [-0.3, -0.25) is 4.79 Å². The second-order valence-electron chi connectivity index (χ2n) is 6.71. The molecule has 1 aliphatic carbocycles. The van der Waals surface area contributed by atoms with E-state index in [0.29, 0.717) is 17.4 Å². The molecule has 2 N–H and O–H groups in total. The number of fused-ring (bicyclic) bond motifs is 1. The summed E-state index contributed by atoms with van der Waals surface area (Å²) in [6.07, 6.45) is 2.14. The van der Waals surface area contributed by atoms with Crippen LogP contribution in [0.5, 0.6) is 0 Å². The summed E-state index contributed by atoms with van der Waals surface area (Å²) >= 11 is 3.60. The van der Waals surface area contributed by atoms with Crippen molar-refractivity contribution in [3.8, 4) is 0 Å². The molecule has 1 heterocycles. The summed E-state index contributed by atoms with van der Waals surface area (Å²) in [5.74, 6) is 0.676. The number of benzene rings is 2. The van der Waals surface area contributed by atoms with Gasteiger partial charge in [-0.2, -0.15) is 0 Å². The second kappa shape index (κ2) is 7.08. The summed E-state index contributed by atoms with van der Waals surface area (Å²) in [6.45, 7) is 2.08. The van der Waals surface area contributed by atoms with Gasteiger partial charge >= 0.3 is 0 Å². The van der Waals surface area contributed by atoms with E-state index < -0.39 is 0 Å². The molecule has 0 radical (unpaired) electrons. The lowest BCUT2D eigenvalue weighted by Gasteiger charge is -2.18. The number of para-hydroxylation sites is 1. The topological polar surface area (TPSA) is 54.0 Å². The third-order valence-corrected chi connectivity index (χ3v) is 5.33. The first-order chi connectivity index (χ1) is 12.6. The molecule has 3 aromatic rings. The quantitative estimate of drug-likeness (QED) is 0.618. The molecule has 26 heavy (non-hydrogen) atoms. The van der Waals surface area contributed by atoms with Crippen molar-refractivity contribution < 1.29 is 4.79 Å². The fourth-order valence-corrected chi connectivity index (χ4v) is 3.68. The van der Waals surface area contributed by atoms with Crippen LogP contribution >= 0.6 is 15.9 Å². The molecule has 1 aromatic heterocycles. The Bertz CT molecular complexity index is 968. The molecular weight excluding hydrogens is 390 g/mol. The van der Waals surface area contributed by atoms with Crippen molar-refractivity contribution in [1.82, 2.24) is 10.3 Å². The normalized spacial score (nSPS) is 14.8. The Labute approximate surface area is 161 Å². The Morgan fingerprint density at radius 3 is 2.65 bits per heavy atom. The largest absolute Gasteiger partial charge is 0.363 e. The fraction of sp³-hybridized carbons (Fsp3) is 0.238. The van der Waals surface area contributed by atoms with Crippen molar-refractivity contribution in [2.45, 2.75) is 31.8 Å². The summed E-state index contributed by atoms with van der Waals surface area (Å²) in [7, 11) is 0. The van der Waals surface area contributed by atoms with Crippen LogP contribution in [0.15, 0.2) is 59.1 Å². The molecule has 4 rings (SSSR count). The Morgan fingerprint density at radius 1 is 1.15 bits per heavy atom. The van der Waals surface area contributed by atoms with E-state index in [2.05, 4.69) is 39.6 Å². The van der Waals surface area contributed by atoms with Crippen LogP contribution in [0.1, 0.15) is 41.7 Å². The van der Waals surface area contributed by atoms with Crippen LogP contribution in [0.4, 0.5) is 5.82 Å². The van der Waals surface area contributed by atoms with Crippen molar-refractivity contribution in [2.75, 3.05) is 5.32 Å². The van der Waals surface area contributed by atoms with Crippen LogP contribution in [0, 0.1) is 0 Å². The predicted molar refractivity (Wildman–Crippen MR) is 108 cm³/mol. The molecule has 0 bridgehead atoms. The fourth-order valence-electron chi connectivity index (χ4n) is 3.05. The van der Waals surface area contributed by atoms with Crippen molar-refractivity contribution in [3.05, 3.63) is 70.2 Å². The number of carbonyl (C=O) groups excluding carboxylic acids is 1. The molecule has 1 fully saturated rings. The van der Waals surface area contributed by atoms with Crippen LogP contribution in [0.2, 0.25) is 0 Å². The van der Waals surface area contributed by atoms with Crippen LogP contribution in [0.25, 0.3) is 10.9 Å². The molecule has 132 valence electrons. The van der Waals surface area contributed by atoms with Gasteiger partial charge in [0.15, 0.2) is 0 Å². The highest BCUT2D eigenvalue weighted by molar-refractivity contribution is 9.10. The maximum Gasteiger partial charge on any atom is 0.252 e. The van der Waals surface area contributed by atoms with Gasteiger partial charge in [0.1, 0.15) is 5.82 Å². The molecule has 0 saturated heterocycles. The van der Waals surface area contributed by atoms with Gasteiger partial charge < -0.3 is 10.6 Å². The van der Waals surface area contributed by atoms with Gasteiger partial charge in [-0.05, 0) is 43.5 Å². The first kappa shape index (κ1) is 17.0. The average molecular weight is 410 g/mol. The standard InChI is InChI=1S/C21H20BrN3O/c1-13(15-6-2-4-8-18(15)22)23-20-12-17(21(26)24-14-10-11-14)16-7-3-5-9-19(16)25-20/h2-9,12-14H,10-11H2,1H3,(H,23,25)(H,24,26). The minimum Gasteiger partial charge on any atom is -0.363 e. The predicted octanol–water partition coefficient (Wildman–Crippen LogP) is 5.06. The van der Waals surface area contributed by atoms with Gasteiger partial charge in [0.25, 0.3) is 5.91 Å². The maximum absolute atomic E-state index is 12.7. The number of aromatic nitrogens is 1. The average Bonchev–Trinajstić information content (AvgIpc) is 3.45. The van der Waals surface area contributed by atoms with Crippen molar-refractivity contribution in [3.63, 3.8) is 0 Å². The maximum atomic E-state index is 12.7. The number of anilines is 1. The number of hydrogen-bond donors (Lipinski definition) is 2. The number of nitrogens with one attached hydrogen (secondary N) is 2. The van der Waals surface area contributed by atoms with E-state index in [-0.39, 0.29) is 11.9 Å². The van der Waals surface area contributed by atoms with E-state index in [1.807, 2.05) is 48.5 Å². The minimum atomic E-state index is -0.0253. The third-order valence-electron chi connectivity index (χ3n) is 4.61. The van der Waals surface area contributed by atoms with Crippen molar-refractivity contribution in [2.24, 2.45) is 0 Å². The highest BCUT2D eigenvalue weighted by Crippen LogP contribution is 2.28. The van der Waals surface area contributed by atoms with Crippen LogP contribution in [-0.2, 0) is 0 Å². The lowest BCUT2D eigenvalue weighted by atomic mass is 10.1. The summed E-state index contributed by atoms with van der Waals surface area (Å²) in [5.41, 5.74) is 2.63. The molecular formula is C21H20BrN3O. The zero-order valence-electron chi connectivity index (χ0n) is 14.5. The number of hydrogen-bond acceptors (Lipinski definition) is 3. The SMILES string of the molecule is CC(Nc1cc(C(=O)NC2CC2)c2ccccc2n1)c1ccccc1Br. The summed E-state index contributed by atoms with van der Waals surface area (Å²) in [5, 5.41) is 7.40. The zero-order chi connectivity index (χ0) is 18.1. The first-order valence-electron chi connectivity index (χ1n) is 8.83. The Kier molecular flexibility index (Phi) is 4.64. The zero-order valence-corrected chi connectivity index (χ0v) is 16.1. The minimum absolute atomic E-state index is 0.0253. The van der Waals surface area contributed by atoms with Gasteiger partial charge in [0.05, 0.1) is 17.1 Å². The van der Waals surface area contributed by atoms with Crippen molar-refractivity contribution >= 4 is 38.6 Å². The van der Waals surface area contributed by atoms with Gasteiger partial charge in [0, 0.05) is 15.9 Å². The van der Waals surface area contributed by atoms with Gasteiger partial charge in [-0.15, -0.1) is 0 Å². The van der Waals surface area contributed by atoms with E-state index >= 15 is 0 Å². The van der Waals surface area contributed by atoms with E-state index in [4.69, 9.17) is 4.98 Å². The van der Waals surface area contributed by atoms with Gasteiger partial charge in [0.2, 0.25) is 0 Å². The van der Waals surface area contributed by atoms with Crippen molar-refractivity contribution in [1.29, 1.82) is 0 Å². The molecule has 5 heteroatoms. The van der Waals surface area contributed by atoms with E-state index in [0.717, 1.165) is 33.8 Å². The monoisotopic (exact) mass is 409 g/mol. The second-order valence-corrected chi connectivity index (χ2v) is 7.56. The third kappa shape index (κ3) is 3.58. The van der Waals surface area contributed by atoms with Gasteiger partial charge in [-0.25, -0.2) is 4.98 Å². The smallest absolute Gasteiger partial charge is 0.252 e. The molecule has 1 saturated carbocycles. The highest BCUT2D eigenvalue weighted by atomic mass is 79.9. The molecule has 0 aliphatic heterocycles. The molecule has 4 nitrogen and oxygen atoms in total. The Hall–Kier alpha value is -2.40. The number of amides is 1. The molecule has 1 amide bonds. The number of halogens is 1. The van der Waals surface area contributed by atoms with Crippen LogP contribution in [-0.4, -0.2) is 16.9 Å². The lowest BCUT2D eigenvalue weighted by molar-refractivity contribution is 0.0952. The van der Waals surface area contributed by atoms with E-state index in [1.165, 1.54) is 0 Å². The van der Waals surface area contributed by atoms with Crippen LogP contribution < -0.4 is 10.6 Å². The molecule has 2 aromatic carbocycles. The van der Waals surface area contributed by atoms with E-state index in [1.54, 1.807) is 0 Å². The Morgan fingerprint density at radius 2 is 1.88 bits per heavy atom. The molecule has 1 unspecified atom stereocenters. The summed E-state index contributed by atoms with van der Waals surface area (Å²) < 4.78 is 1.05. The van der Waals surface area contributed by atoms with Gasteiger partial charge in [-0.1, -0.05) is 52.3 Å². The van der Waals surface area contributed by atoms with Crippen LogP contribution in [0.3, 0.4) is 0 Å². The number of rotatable bonds is 5. The number of pyridine rings is 1. The molecule has 0 spiro atoms. The summed E-state index contributed by atoms with van der Waals surface area (Å²) in [4.78, 5) is 17.4. The number of carbonyl (C=O) groups is 1. The summed E-state index contributed by atoms with van der Waals surface area (Å²) in [6, 6.07) is 18.1.